The Morgan fingerprint density at radius 3 is 2.52 bits per heavy atom. The van der Waals surface area contributed by atoms with Crippen LogP contribution in [0.15, 0.2) is 53.0 Å². The Balaban J connectivity index is 1.71. The van der Waals surface area contributed by atoms with E-state index in [4.69, 9.17) is 0 Å². The maximum Gasteiger partial charge on any atom is 0.0175 e. The normalized spacial score (nSPS) is 19.0. The van der Waals surface area contributed by atoms with Crippen molar-refractivity contribution in [3.05, 3.63) is 69.7 Å². The second-order valence-corrected chi connectivity index (χ2v) is 6.91. The summed E-state index contributed by atoms with van der Waals surface area (Å²) >= 11 is 3.51. The lowest BCUT2D eigenvalue weighted by Gasteiger charge is -2.31. The fraction of sp³-hybridized carbons (Fsp3) is 0.368. The van der Waals surface area contributed by atoms with Gasteiger partial charge in [0.1, 0.15) is 0 Å². The Labute approximate surface area is 135 Å². The average molecular weight is 344 g/mol. The lowest BCUT2D eigenvalue weighted by molar-refractivity contribution is 0.333. The SMILES string of the molecule is CNC(Cc1ccc(Br)cc1)C1CCc2ccccc2C1. The number of hydrogen-bond donors (Lipinski definition) is 1. The Hall–Kier alpha value is -1.12. The lowest BCUT2D eigenvalue weighted by atomic mass is 9.78. The van der Waals surface area contributed by atoms with Gasteiger partial charge in [-0.1, -0.05) is 52.3 Å². The van der Waals surface area contributed by atoms with E-state index in [1.165, 1.54) is 24.8 Å². The third-order valence-corrected chi connectivity index (χ3v) is 5.22. The van der Waals surface area contributed by atoms with Gasteiger partial charge in [0.25, 0.3) is 0 Å². The predicted molar refractivity (Wildman–Crippen MR) is 92.7 cm³/mol. The number of nitrogens with one attached hydrogen (secondary N) is 1. The van der Waals surface area contributed by atoms with Crippen molar-refractivity contribution in [1.82, 2.24) is 5.32 Å². The van der Waals surface area contributed by atoms with Crippen LogP contribution in [0.3, 0.4) is 0 Å². The molecule has 0 aliphatic heterocycles. The van der Waals surface area contributed by atoms with Crippen molar-refractivity contribution in [3.8, 4) is 0 Å². The van der Waals surface area contributed by atoms with E-state index >= 15 is 0 Å². The van der Waals surface area contributed by atoms with E-state index in [0.29, 0.717) is 6.04 Å². The Morgan fingerprint density at radius 2 is 1.81 bits per heavy atom. The largest absolute Gasteiger partial charge is 0.316 e. The standard InChI is InChI=1S/C19H22BrN/c1-21-19(12-14-6-10-18(20)11-7-14)17-9-8-15-4-2-3-5-16(15)13-17/h2-7,10-11,17,19,21H,8-9,12-13H2,1H3. The van der Waals surface area contributed by atoms with Crippen LogP contribution in [-0.4, -0.2) is 13.1 Å². The molecule has 21 heavy (non-hydrogen) atoms. The zero-order valence-electron chi connectivity index (χ0n) is 12.5. The average Bonchev–Trinajstić information content (AvgIpc) is 2.54. The van der Waals surface area contributed by atoms with E-state index in [2.05, 4.69) is 76.8 Å². The zero-order chi connectivity index (χ0) is 14.7. The highest BCUT2D eigenvalue weighted by Gasteiger charge is 2.25. The molecule has 0 saturated heterocycles. The van der Waals surface area contributed by atoms with Crippen LogP contribution >= 0.6 is 15.9 Å². The number of benzene rings is 2. The van der Waals surface area contributed by atoms with Gasteiger partial charge in [0, 0.05) is 10.5 Å². The summed E-state index contributed by atoms with van der Waals surface area (Å²) in [5, 5.41) is 3.55. The highest BCUT2D eigenvalue weighted by atomic mass is 79.9. The fourth-order valence-corrected chi connectivity index (χ4v) is 3.71. The number of halogens is 1. The molecule has 0 heterocycles. The van der Waals surface area contributed by atoms with Gasteiger partial charge in [-0.2, -0.15) is 0 Å². The molecule has 1 nitrogen and oxygen atoms in total. The summed E-state index contributed by atoms with van der Waals surface area (Å²) in [4.78, 5) is 0. The highest BCUT2D eigenvalue weighted by Crippen LogP contribution is 2.28. The van der Waals surface area contributed by atoms with Gasteiger partial charge in [-0.05, 0) is 67.5 Å². The third kappa shape index (κ3) is 3.56. The first-order valence-electron chi connectivity index (χ1n) is 7.75. The van der Waals surface area contributed by atoms with E-state index in [1.54, 1.807) is 11.1 Å². The number of likely N-dealkylation sites (N-methyl/N-ethyl adjacent to an activating group) is 1. The molecule has 0 radical (unpaired) electrons. The molecule has 1 aliphatic rings. The summed E-state index contributed by atoms with van der Waals surface area (Å²) in [7, 11) is 2.10. The fourth-order valence-electron chi connectivity index (χ4n) is 3.45. The summed E-state index contributed by atoms with van der Waals surface area (Å²) in [6.07, 6.45) is 4.83. The smallest absolute Gasteiger partial charge is 0.0175 e. The van der Waals surface area contributed by atoms with Gasteiger partial charge < -0.3 is 5.32 Å². The Bertz CT molecular complexity index is 591. The molecule has 2 atom stereocenters. The molecular weight excluding hydrogens is 322 g/mol. The minimum absolute atomic E-state index is 0.555. The van der Waals surface area contributed by atoms with Crippen LogP contribution in [0.25, 0.3) is 0 Å². The molecule has 0 fully saturated rings. The number of rotatable bonds is 4. The molecular formula is C19H22BrN. The molecule has 0 saturated carbocycles. The van der Waals surface area contributed by atoms with Crippen molar-refractivity contribution < 1.29 is 0 Å². The molecule has 0 amide bonds. The van der Waals surface area contributed by atoms with Crippen LogP contribution < -0.4 is 5.32 Å². The minimum atomic E-state index is 0.555. The van der Waals surface area contributed by atoms with E-state index < -0.39 is 0 Å². The van der Waals surface area contributed by atoms with Gasteiger partial charge in [0.2, 0.25) is 0 Å². The van der Waals surface area contributed by atoms with Crippen LogP contribution in [0.4, 0.5) is 0 Å². The molecule has 3 rings (SSSR count). The van der Waals surface area contributed by atoms with Crippen LogP contribution in [0, 0.1) is 5.92 Å². The molecule has 1 N–H and O–H groups in total. The van der Waals surface area contributed by atoms with E-state index in [9.17, 15) is 0 Å². The second kappa shape index (κ2) is 6.76. The molecule has 110 valence electrons. The van der Waals surface area contributed by atoms with Gasteiger partial charge in [0.15, 0.2) is 0 Å². The lowest BCUT2D eigenvalue weighted by Crippen LogP contribution is -2.38. The topological polar surface area (TPSA) is 12.0 Å². The van der Waals surface area contributed by atoms with Crippen LogP contribution in [0.5, 0.6) is 0 Å². The zero-order valence-corrected chi connectivity index (χ0v) is 14.1. The van der Waals surface area contributed by atoms with Crippen LogP contribution in [0.1, 0.15) is 23.1 Å². The van der Waals surface area contributed by atoms with Gasteiger partial charge >= 0.3 is 0 Å². The van der Waals surface area contributed by atoms with Crippen molar-refractivity contribution in [2.45, 2.75) is 31.7 Å². The Kier molecular flexibility index (Phi) is 4.77. The maximum atomic E-state index is 3.55. The van der Waals surface area contributed by atoms with Crippen molar-refractivity contribution in [2.24, 2.45) is 5.92 Å². The van der Waals surface area contributed by atoms with Gasteiger partial charge in [-0.3, -0.25) is 0 Å². The summed E-state index contributed by atoms with van der Waals surface area (Å²) in [6.45, 7) is 0. The molecule has 1 aliphatic carbocycles. The maximum absolute atomic E-state index is 3.55. The van der Waals surface area contributed by atoms with Gasteiger partial charge in [-0.15, -0.1) is 0 Å². The first-order chi connectivity index (χ1) is 10.3. The second-order valence-electron chi connectivity index (χ2n) is 6.00. The quantitative estimate of drug-likeness (QED) is 0.868. The number of aryl methyl sites for hydroxylation is 1. The van der Waals surface area contributed by atoms with Crippen LogP contribution in [0.2, 0.25) is 0 Å². The third-order valence-electron chi connectivity index (χ3n) is 4.69. The molecule has 0 aromatic heterocycles. The van der Waals surface area contributed by atoms with Crippen molar-refractivity contribution >= 4 is 15.9 Å². The molecule has 2 unspecified atom stereocenters. The number of fused-ring (bicyclic) bond motifs is 1. The van der Waals surface area contributed by atoms with Gasteiger partial charge in [-0.25, -0.2) is 0 Å². The summed E-state index contributed by atoms with van der Waals surface area (Å²) < 4.78 is 1.15. The van der Waals surface area contributed by atoms with Crippen molar-refractivity contribution in [3.63, 3.8) is 0 Å². The summed E-state index contributed by atoms with van der Waals surface area (Å²) in [5.41, 5.74) is 4.51. The molecule has 2 aromatic rings. The Morgan fingerprint density at radius 1 is 1.10 bits per heavy atom. The van der Waals surface area contributed by atoms with Crippen molar-refractivity contribution in [1.29, 1.82) is 0 Å². The molecule has 0 spiro atoms. The molecule has 2 aromatic carbocycles. The first-order valence-corrected chi connectivity index (χ1v) is 8.54. The van der Waals surface area contributed by atoms with E-state index in [0.717, 1.165) is 16.8 Å². The monoisotopic (exact) mass is 343 g/mol. The van der Waals surface area contributed by atoms with E-state index in [1.807, 2.05) is 0 Å². The van der Waals surface area contributed by atoms with Crippen molar-refractivity contribution in [2.75, 3.05) is 7.05 Å². The summed E-state index contributed by atoms with van der Waals surface area (Å²) in [6, 6.07) is 18.2. The van der Waals surface area contributed by atoms with Gasteiger partial charge in [0.05, 0.1) is 0 Å². The minimum Gasteiger partial charge on any atom is -0.316 e. The molecule has 2 heteroatoms. The predicted octanol–water partition coefficient (Wildman–Crippen LogP) is 4.38. The first kappa shape index (κ1) is 14.8. The van der Waals surface area contributed by atoms with Crippen LogP contribution in [-0.2, 0) is 19.3 Å². The summed E-state index contributed by atoms with van der Waals surface area (Å²) in [5.74, 6) is 0.730. The van der Waals surface area contributed by atoms with E-state index in [-0.39, 0.29) is 0 Å². The number of hydrogen-bond acceptors (Lipinski definition) is 1. The molecule has 0 bridgehead atoms. The highest BCUT2D eigenvalue weighted by molar-refractivity contribution is 9.10.